The maximum absolute atomic E-state index is 12.7. The summed E-state index contributed by atoms with van der Waals surface area (Å²) in [4.78, 5) is 12.7. The van der Waals surface area contributed by atoms with Gasteiger partial charge in [0.25, 0.3) is 5.56 Å². The normalized spacial score (nSPS) is 16.5. The third-order valence-corrected chi connectivity index (χ3v) is 4.27. The van der Waals surface area contributed by atoms with Gasteiger partial charge in [-0.25, -0.2) is 0 Å². The molecule has 1 heterocycles. The summed E-state index contributed by atoms with van der Waals surface area (Å²) in [5.74, 6) is 0.377. The molecule has 1 aromatic rings. The van der Waals surface area contributed by atoms with Crippen LogP contribution >= 0.6 is 0 Å². The van der Waals surface area contributed by atoms with Gasteiger partial charge in [-0.05, 0) is 38.7 Å². The standard InChI is InChI=1S/C17H28N2O/c1-12(2)16-10-9-14(17(20)19(16)13(3)4)11-18-15-7-5-6-8-15/h9-10,12-13,15,18H,5-8,11H2,1-4H3. The molecule has 1 N–H and O–H groups in total. The summed E-state index contributed by atoms with van der Waals surface area (Å²) in [6.45, 7) is 9.16. The van der Waals surface area contributed by atoms with Crippen molar-refractivity contribution in [2.45, 2.75) is 77.9 Å². The van der Waals surface area contributed by atoms with Crippen molar-refractivity contribution in [3.05, 3.63) is 33.7 Å². The van der Waals surface area contributed by atoms with Crippen LogP contribution in [0.4, 0.5) is 0 Å². The first kappa shape index (κ1) is 15.3. The van der Waals surface area contributed by atoms with Crippen LogP contribution in [0, 0.1) is 0 Å². The van der Waals surface area contributed by atoms with Crippen LogP contribution in [-0.4, -0.2) is 10.6 Å². The molecule has 1 aliphatic carbocycles. The summed E-state index contributed by atoms with van der Waals surface area (Å²) < 4.78 is 1.95. The first-order chi connectivity index (χ1) is 9.50. The molecule has 1 aromatic heterocycles. The van der Waals surface area contributed by atoms with E-state index in [1.807, 2.05) is 10.6 Å². The summed E-state index contributed by atoms with van der Waals surface area (Å²) in [5, 5.41) is 3.54. The van der Waals surface area contributed by atoms with E-state index < -0.39 is 0 Å². The Labute approximate surface area is 122 Å². The number of rotatable bonds is 5. The Balaban J connectivity index is 2.21. The largest absolute Gasteiger partial charge is 0.310 e. The summed E-state index contributed by atoms with van der Waals surface area (Å²) in [6, 6.07) is 4.95. The van der Waals surface area contributed by atoms with Crippen LogP contribution in [0.3, 0.4) is 0 Å². The first-order valence-electron chi connectivity index (χ1n) is 7.98. The second-order valence-electron chi connectivity index (χ2n) is 6.57. The third-order valence-electron chi connectivity index (χ3n) is 4.27. The van der Waals surface area contributed by atoms with Crippen molar-refractivity contribution in [2.24, 2.45) is 0 Å². The highest BCUT2D eigenvalue weighted by Crippen LogP contribution is 2.19. The van der Waals surface area contributed by atoms with Gasteiger partial charge in [-0.2, -0.15) is 0 Å². The Bertz CT molecular complexity index is 496. The minimum Gasteiger partial charge on any atom is -0.310 e. The lowest BCUT2D eigenvalue weighted by Crippen LogP contribution is -2.33. The number of pyridine rings is 1. The Morgan fingerprint density at radius 3 is 2.40 bits per heavy atom. The van der Waals surface area contributed by atoms with Crippen LogP contribution < -0.4 is 10.9 Å². The smallest absolute Gasteiger partial charge is 0.255 e. The van der Waals surface area contributed by atoms with Gasteiger partial charge in [-0.15, -0.1) is 0 Å². The van der Waals surface area contributed by atoms with Crippen molar-refractivity contribution in [1.82, 2.24) is 9.88 Å². The molecule has 2 rings (SSSR count). The van der Waals surface area contributed by atoms with Crippen LogP contribution in [-0.2, 0) is 6.54 Å². The van der Waals surface area contributed by atoms with Gasteiger partial charge in [0, 0.05) is 29.9 Å². The fraction of sp³-hybridized carbons (Fsp3) is 0.706. The van der Waals surface area contributed by atoms with E-state index in [2.05, 4.69) is 39.1 Å². The van der Waals surface area contributed by atoms with Crippen LogP contribution in [0.25, 0.3) is 0 Å². The van der Waals surface area contributed by atoms with Gasteiger partial charge in [0.05, 0.1) is 0 Å². The van der Waals surface area contributed by atoms with Crippen molar-refractivity contribution in [3.8, 4) is 0 Å². The molecule has 0 bridgehead atoms. The van der Waals surface area contributed by atoms with Gasteiger partial charge < -0.3 is 9.88 Å². The van der Waals surface area contributed by atoms with Crippen LogP contribution in [0.2, 0.25) is 0 Å². The van der Waals surface area contributed by atoms with E-state index in [9.17, 15) is 4.79 Å². The van der Waals surface area contributed by atoms with Gasteiger partial charge in [0.2, 0.25) is 0 Å². The topological polar surface area (TPSA) is 34.0 Å². The third kappa shape index (κ3) is 3.32. The summed E-state index contributed by atoms with van der Waals surface area (Å²) in [6.07, 6.45) is 5.14. The summed E-state index contributed by atoms with van der Waals surface area (Å²) >= 11 is 0. The maximum Gasteiger partial charge on any atom is 0.255 e. The zero-order chi connectivity index (χ0) is 14.7. The lowest BCUT2D eigenvalue weighted by Gasteiger charge is -2.21. The maximum atomic E-state index is 12.7. The zero-order valence-electron chi connectivity index (χ0n) is 13.3. The number of aromatic nitrogens is 1. The molecule has 0 amide bonds. The van der Waals surface area contributed by atoms with Gasteiger partial charge >= 0.3 is 0 Å². The van der Waals surface area contributed by atoms with E-state index in [1.54, 1.807) is 0 Å². The van der Waals surface area contributed by atoms with Crippen molar-refractivity contribution >= 4 is 0 Å². The highest BCUT2D eigenvalue weighted by Gasteiger charge is 2.17. The predicted molar refractivity (Wildman–Crippen MR) is 84.3 cm³/mol. The minimum atomic E-state index is 0.177. The lowest BCUT2D eigenvalue weighted by atomic mass is 10.1. The molecule has 3 heteroatoms. The van der Waals surface area contributed by atoms with Crippen LogP contribution in [0.1, 0.15) is 76.6 Å². The molecule has 0 saturated heterocycles. The van der Waals surface area contributed by atoms with E-state index >= 15 is 0 Å². The number of nitrogens with zero attached hydrogens (tertiary/aromatic N) is 1. The SMILES string of the molecule is CC(C)c1ccc(CNC2CCCC2)c(=O)n1C(C)C. The average molecular weight is 276 g/mol. The molecule has 0 spiro atoms. The average Bonchev–Trinajstić information content (AvgIpc) is 2.89. The molecule has 0 atom stereocenters. The van der Waals surface area contributed by atoms with E-state index in [0.717, 1.165) is 11.3 Å². The molecule has 1 aliphatic rings. The second kappa shape index (κ2) is 6.57. The predicted octanol–water partition coefficient (Wildman–Crippen LogP) is 3.58. The number of hydrogen-bond donors (Lipinski definition) is 1. The fourth-order valence-electron chi connectivity index (χ4n) is 3.13. The summed E-state index contributed by atoms with van der Waals surface area (Å²) in [5.41, 5.74) is 2.21. The Kier molecular flexibility index (Phi) is 5.03. The second-order valence-corrected chi connectivity index (χ2v) is 6.57. The summed E-state index contributed by atoms with van der Waals surface area (Å²) in [7, 11) is 0. The number of hydrogen-bond acceptors (Lipinski definition) is 2. The first-order valence-corrected chi connectivity index (χ1v) is 7.98. The van der Waals surface area contributed by atoms with Crippen molar-refractivity contribution in [2.75, 3.05) is 0 Å². The molecular formula is C17H28N2O. The minimum absolute atomic E-state index is 0.177. The van der Waals surface area contributed by atoms with E-state index in [4.69, 9.17) is 0 Å². The molecule has 1 saturated carbocycles. The molecule has 3 nitrogen and oxygen atoms in total. The van der Waals surface area contributed by atoms with E-state index in [-0.39, 0.29) is 11.6 Å². The van der Waals surface area contributed by atoms with Crippen molar-refractivity contribution in [3.63, 3.8) is 0 Å². The molecular weight excluding hydrogens is 248 g/mol. The Hall–Kier alpha value is -1.09. The van der Waals surface area contributed by atoms with Gasteiger partial charge in [0.15, 0.2) is 0 Å². The van der Waals surface area contributed by atoms with Crippen LogP contribution in [0.5, 0.6) is 0 Å². The highest BCUT2D eigenvalue weighted by molar-refractivity contribution is 5.19. The molecule has 1 fully saturated rings. The zero-order valence-corrected chi connectivity index (χ0v) is 13.3. The Morgan fingerprint density at radius 1 is 1.20 bits per heavy atom. The Morgan fingerprint density at radius 2 is 1.85 bits per heavy atom. The quantitative estimate of drug-likeness (QED) is 0.892. The van der Waals surface area contributed by atoms with E-state index in [0.29, 0.717) is 18.5 Å². The van der Waals surface area contributed by atoms with Gasteiger partial charge in [0.1, 0.15) is 0 Å². The van der Waals surface area contributed by atoms with Crippen LogP contribution in [0.15, 0.2) is 16.9 Å². The monoisotopic (exact) mass is 276 g/mol. The van der Waals surface area contributed by atoms with Gasteiger partial charge in [-0.3, -0.25) is 4.79 Å². The van der Waals surface area contributed by atoms with Crippen molar-refractivity contribution < 1.29 is 0 Å². The molecule has 0 aliphatic heterocycles. The molecule has 112 valence electrons. The van der Waals surface area contributed by atoms with E-state index in [1.165, 1.54) is 25.7 Å². The highest BCUT2D eigenvalue weighted by atomic mass is 16.1. The fourth-order valence-corrected chi connectivity index (χ4v) is 3.13. The molecule has 20 heavy (non-hydrogen) atoms. The molecule has 0 aromatic carbocycles. The number of nitrogens with one attached hydrogen (secondary N) is 1. The molecule has 0 radical (unpaired) electrons. The van der Waals surface area contributed by atoms with Gasteiger partial charge in [-0.1, -0.05) is 32.8 Å². The van der Waals surface area contributed by atoms with Crippen molar-refractivity contribution in [1.29, 1.82) is 0 Å². The lowest BCUT2D eigenvalue weighted by molar-refractivity contribution is 0.503. The molecule has 0 unspecified atom stereocenters.